The molecule has 1 aromatic heterocycles. The minimum Gasteiger partial charge on any atom is -0.270 e. The Labute approximate surface area is 64.8 Å². The summed E-state index contributed by atoms with van der Waals surface area (Å²) in [5, 5.41) is 4.64. The van der Waals surface area contributed by atoms with Crippen molar-refractivity contribution in [3.63, 3.8) is 0 Å². The van der Waals surface area contributed by atoms with Gasteiger partial charge in [-0.3, -0.25) is 4.68 Å². The first-order valence-electron chi connectivity index (χ1n) is 3.39. The van der Waals surface area contributed by atoms with Crippen LogP contribution in [0.2, 0.25) is 5.02 Å². The molecular weight excluding hydrogens is 148 g/mol. The average molecular weight is 156 g/mol. The Morgan fingerprint density at radius 1 is 1.70 bits per heavy atom. The molecule has 1 aliphatic carbocycles. The van der Waals surface area contributed by atoms with E-state index in [1.54, 1.807) is 0 Å². The van der Waals surface area contributed by atoms with Gasteiger partial charge in [-0.05, 0) is 12.8 Å². The Balaban J connectivity index is 2.44. The van der Waals surface area contributed by atoms with Crippen LogP contribution in [-0.4, -0.2) is 9.78 Å². The van der Waals surface area contributed by atoms with E-state index in [0.717, 1.165) is 5.69 Å². The number of hydrogen-bond acceptors (Lipinski definition) is 1. The van der Waals surface area contributed by atoms with Gasteiger partial charge in [0.05, 0.1) is 10.7 Å². The lowest BCUT2D eigenvalue weighted by Gasteiger charge is -1.97. The van der Waals surface area contributed by atoms with Crippen LogP contribution in [0.15, 0.2) is 0 Å². The summed E-state index contributed by atoms with van der Waals surface area (Å²) in [6.07, 6.45) is 5.25. The molecule has 0 unspecified atom stereocenters. The molecule has 1 aromatic rings. The highest BCUT2D eigenvalue weighted by Crippen LogP contribution is 2.42. The zero-order valence-corrected chi connectivity index (χ0v) is 6.52. The molecule has 0 spiro atoms. The first kappa shape index (κ1) is 6.23. The van der Waals surface area contributed by atoms with E-state index in [4.69, 9.17) is 11.6 Å². The normalized spacial score (nSPS) is 17.8. The van der Waals surface area contributed by atoms with Crippen LogP contribution in [0.25, 0.3) is 0 Å². The lowest BCUT2D eigenvalue weighted by molar-refractivity contribution is 0.712. The van der Waals surface area contributed by atoms with E-state index in [1.165, 1.54) is 12.8 Å². The number of aromatic nitrogens is 2. The van der Waals surface area contributed by atoms with Crippen molar-refractivity contribution in [1.82, 2.24) is 9.78 Å². The predicted molar refractivity (Wildman–Crippen MR) is 39.0 cm³/mol. The molecule has 1 aliphatic rings. The highest BCUT2D eigenvalue weighted by Gasteiger charge is 2.28. The van der Waals surface area contributed by atoms with Crippen LogP contribution in [0.3, 0.4) is 0 Å². The molecule has 1 saturated carbocycles. The number of aryl methyl sites for hydroxylation is 1. The zero-order chi connectivity index (χ0) is 7.14. The quantitative estimate of drug-likeness (QED) is 0.604. The highest BCUT2D eigenvalue weighted by molar-refractivity contribution is 6.31. The zero-order valence-electron chi connectivity index (χ0n) is 5.76. The molecule has 0 amide bonds. The Kier molecular flexibility index (Phi) is 1.24. The molecule has 0 N–H and O–H groups in total. The van der Waals surface area contributed by atoms with Crippen molar-refractivity contribution in [3.8, 4) is 0 Å². The van der Waals surface area contributed by atoms with Gasteiger partial charge in [0, 0.05) is 13.0 Å². The topological polar surface area (TPSA) is 17.8 Å². The number of rotatable bonds is 1. The summed E-state index contributed by atoms with van der Waals surface area (Å²) in [6.45, 7) is 0. The second-order valence-electron chi connectivity index (χ2n) is 2.71. The van der Waals surface area contributed by atoms with Gasteiger partial charge >= 0.3 is 0 Å². The Morgan fingerprint density at radius 3 is 2.80 bits per heavy atom. The van der Waals surface area contributed by atoms with Gasteiger partial charge < -0.3 is 0 Å². The van der Waals surface area contributed by atoms with Gasteiger partial charge in [-0.25, -0.2) is 0 Å². The summed E-state index contributed by atoms with van der Waals surface area (Å²) in [5.74, 6) is 0.663. The molecule has 10 heavy (non-hydrogen) atoms. The fourth-order valence-electron chi connectivity index (χ4n) is 1.17. The van der Waals surface area contributed by atoms with Gasteiger partial charge in [0.1, 0.15) is 6.20 Å². The van der Waals surface area contributed by atoms with E-state index in [1.807, 2.05) is 11.7 Å². The molecular formula is C7H8ClN2. The summed E-state index contributed by atoms with van der Waals surface area (Å²) in [7, 11) is 1.91. The van der Waals surface area contributed by atoms with E-state index in [0.29, 0.717) is 10.9 Å². The molecule has 1 radical (unpaired) electrons. The predicted octanol–water partition coefficient (Wildman–Crippen LogP) is 1.75. The third-order valence-electron chi connectivity index (χ3n) is 1.84. The molecule has 0 saturated heterocycles. The van der Waals surface area contributed by atoms with E-state index in [-0.39, 0.29) is 0 Å². The molecule has 1 heterocycles. The maximum Gasteiger partial charge on any atom is 0.133 e. The SMILES string of the molecule is Cn1n[c]c(Cl)c1C1CC1. The van der Waals surface area contributed by atoms with Gasteiger partial charge in [-0.2, -0.15) is 5.10 Å². The van der Waals surface area contributed by atoms with Crippen molar-refractivity contribution in [2.24, 2.45) is 7.05 Å². The molecule has 2 rings (SSSR count). The van der Waals surface area contributed by atoms with Crippen molar-refractivity contribution in [1.29, 1.82) is 0 Å². The van der Waals surface area contributed by atoms with Crippen LogP contribution < -0.4 is 0 Å². The van der Waals surface area contributed by atoms with Crippen molar-refractivity contribution < 1.29 is 0 Å². The molecule has 53 valence electrons. The highest BCUT2D eigenvalue weighted by atomic mass is 35.5. The van der Waals surface area contributed by atoms with Crippen LogP contribution in [0.4, 0.5) is 0 Å². The minimum atomic E-state index is 0.663. The van der Waals surface area contributed by atoms with Gasteiger partial charge in [-0.15, -0.1) is 0 Å². The second kappa shape index (κ2) is 1.99. The average Bonchev–Trinajstić information content (AvgIpc) is 2.64. The summed E-state index contributed by atoms with van der Waals surface area (Å²) in [4.78, 5) is 0. The fourth-order valence-corrected chi connectivity index (χ4v) is 1.49. The lowest BCUT2D eigenvalue weighted by atomic mass is 10.3. The van der Waals surface area contributed by atoms with E-state index >= 15 is 0 Å². The fraction of sp³-hybridized carbons (Fsp3) is 0.571. The van der Waals surface area contributed by atoms with Crippen LogP contribution in [0, 0.1) is 6.20 Å². The maximum atomic E-state index is 5.84. The smallest absolute Gasteiger partial charge is 0.133 e. The summed E-state index contributed by atoms with van der Waals surface area (Å²) < 4.78 is 1.82. The Bertz CT molecular complexity index is 231. The minimum absolute atomic E-state index is 0.663. The maximum absolute atomic E-state index is 5.84. The first-order chi connectivity index (χ1) is 4.79. The van der Waals surface area contributed by atoms with Crippen LogP contribution >= 0.6 is 11.6 Å². The van der Waals surface area contributed by atoms with Crippen molar-refractivity contribution >= 4 is 11.6 Å². The molecule has 0 aromatic carbocycles. The monoisotopic (exact) mass is 155 g/mol. The standard InChI is InChI=1S/C7H8ClN2/c1-10-7(5-2-3-5)6(8)4-9-10/h5H,2-3H2,1H3. The first-order valence-corrected chi connectivity index (χ1v) is 3.77. The van der Waals surface area contributed by atoms with Gasteiger partial charge in [0.15, 0.2) is 0 Å². The van der Waals surface area contributed by atoms with Gasteiger partial charge in [-0.1, -0.05) is 11.6 Å². The van der Waals surface area contributed by atoms with E-state index in [2.05, 4.69) is 11.3 Å². The second-order valence-corrected chi connectivity index (χ2v) is 3.09. The number of halogens is 1. The van der Waals surface area contributed by atoms with Gasteiger partial charge in [0.25, 0.3) is 0 Å². The largest absolute Gasteiger partial charge is 0.270 e. The number of hydrogen-bond donors (Lipinski definition) is 0. The van der Waals surface area contributed by atoms with Crippen LogP contribution in [-0.2, 0) is 7.05 Å². The van der Waals surface area contributed by atoms with E-state index in [9.17, 15) is 0 Å². The molecule has 0 aliphatic heterocycles. The summed E-state index contributed by atoms with van der Waals surface area (Å²) >= 11 is 5.84. The lowest BCUT2D eigenvalue weighted by Crippen LogP contribution is -1.95. The molecule has 2 nitrogen and oxygen atoms in total. The number of nitrogens with zero attached hydrogens (tertiary/aromatic N) is 2. The van der Waals surface area contributed by atoms with Crippen molar-refractivity contribution in [2.75, 3.05) is 0 Å². The molecule has 0 bridgehead atoms. The van der Waals surface area contributed by atoms with Crippen LogP contribution in [0.5, 0.6) is 0 Å². The van der Waals surface area contributed by atoms with Crippen molar-refractivity contribution in [3.05, 3.63) is 16.9 Å². The third kappa shape index (κ3) is 0.833. The summed E-state index contributed by atoms with van der Waals surface area (Å²) in [6, 6.07) is 0. The van der Waals surface area contributed by atoms with E-state index < -0.39 is 0 Å². The molecule has 0 atom stereocenters. The Hall–Kier alpha value is -0.500. The third-order valence-corrected chi connectivity index (χ3v) is 2.11. The molecule has 3 heteroatoms. The van der Waals surface area contributed by atoms with Gasteiger partial charge in [0.2, 0.25) is 0 Å². The van der Waals surface area contributed by atoms with Crippen LogP contribution in [0.1, 0.15) is 24.5 Å². The van der Waals surface area contributed by atoms with Crippen molar-refractivity contribution in [2.45, 2.75) is 18.8 Å². The summed E-state index contributed by atoms with van der Waals surface area (Å²) in [5.41, 5.74) is 1.15. The Morgan fingerprint density at radius 2 is 2.40 bits per heavy atom. The molecule has 1 fully saturated rings.